The van der Waals surface area contributed by atoms with Gasteiger partial charge in [0.05, 0.1) is 18.2 Å². The number of carbonyl (C=O) groups excluding carboxylic acids is 1. The van der Waals surface area contributed by atoms with Gasteiger partial charge in [0.2, 0.25) is 5.91 Å². The number of aliphatic hydroxyl groups is 1. The van der Waals surface area contributed by atoms with Crippen molar-refractivity contribution in [2.24, 2.45) is 5.92 Å². The van der Waals surface area contributed by atoms with Crippen molar-refractivity contribution >= 4 is 18.3 Å². The van der Waals surface area contributed by atoms with Crippen molar-refractivity contribution in [2.75, 3.05) is 26.2 Å². The highest BCUT2D eigenvalue weighted by atomic mass is 35.5. The molecule has 20 heavy (non-hydrogen) atoms. The summed E-state index contributed by atoms with van der Waals surface area (Å²) >= 11 is 0. The number of aliphatic hydroxyl groups excluding tert-OH is 1. The summed E-state index contributed by atoms with van der Waals surface area (Å²) in [6, 6.07) is -0.204. The molecule has 2 rings (SSSR count). The van der Waals surface area contributed by atoms with Crippen molar-refractivity contribution in [1.82, 2.24) is 10.2 Å². The van der Waals surface area contributed by atoms with E-state index in [4.69, 9.17) is 4.74 Å². The molecule has 2 saturated heterocycles. The Hall–Kier alpha value is -0.360. The molecule has 0 aromatic rings. The molecule has 2 fully saturated rings. The zero-order chi connectivity index (χ0) is 13.8. The first kappa shape index (κ1) is 17.7. The number of amides is 1. The number of nitrogens with one attached hydrogen (secondary N) is 1. The first-order chi connectivity index (χ1) is 9.06. The molecule has 0 bridgehead atoms. The Kier molecular flexibility index (Phi) is 7.23. The van der Waals surface area contributed by atoms with E-state index in [2.05, 4.69) is 19.2 Å². The van der Waals surface area contributed by atoms with Gasteiger partial charge in [0, 0.05) is 26.2 Å². The maximum atomic E-state index is 12.2. The highest BCUT2D eigenvalue weighted by molar-refractivity contribution is 5.85. The molecule has 3 atom stereocenters. The number of hydrogen-bond acceptors (Lipinski definition) is 4. The summed E-state index contributed by atoms with van der Waals surface area (Å²) in [6.45, 7) is 7.16. The van der Waals surface area contributed by atoms with E-state index in [1.807, 2.05) is 4.90 Å². The van der Waals surface area contributed by atoms with Crippen LogP contribution < -0.4 is 5.32 Å². The van der Waals surface area contributed by atoms with Crippen LogP contribution in [0.25, 0.3) is 0 Å². The minimum Gasteiger partial charge on any atom is -0.392 e. The van der Waals surface area contributed by atoms with E-state index < -0.39 is 0 Å². The molecule has 0 aromatic heterocycles. The normalized spacial score (nSPS) is 29.8. The van der Waals surface area contributed by atoms with Crippen molar-refractivity contribution in [1.29, 1.82) is 0 Å². The lowest BCUT2D eigenvalue weighted by molar-refractivity contribution is -0.132. The van der Waals surface area contributed by atoms with E-state index in [-0.39, 0.29) is 36.6 Å². The average Bonchev–Trinajstić information content (AvgIpc) is 2.97. The van der Waals surface area contributed by atoms with Crippen molar-refractivity contribution in [3.63, 3.8) is 0 Å². The van der Waals surface area contributed by atoms with Gasteiger partial charge < -0.3 is 20.1 Å². The molecule has 2 heterocycles. The molecular formula is C14H27ClN2O3. The van der Waals surface area contributed by atoms with Gasteiger partial charge in [-0.15, -0.1) is 12.4 Å². The molecule has 0 aliphatic carbocycles. The summed E-state index contributed by atoms with van der Waals surface area (Å²) in [6.07, 6.45) is 2.34. The lowest BCUT2D eigenvalue weighted by Gasteiger charge is -2.20. The van der Waals surface area contributed by atoms with Gasteiger partial charge in [-0.25, -0.2) is 0 Å². The predicted octanol–water partition coefficient (Wildman–Crippen LogP) is 0.795. The Bertz CT molecular complexity index is 315. The third-order valence-corrected chi connectivity index (χ3v) is 3.91. The van der Waals surface area contributed by atoms with E-state index in [0.29, 0.717) is 25.4 Å². The van der Waals surface area contributed by atoms with Crippen molar-refractivity contribution < 1.29 is 14.6 Å². The molecule has 6 heteroatoms. The molecule has 2 aliphatic rings. The fraction of sp³-hybridized carbons (Fsp3) is 0.929. The molecular weight excluding hydrogens is 280 g/mol. The van der Waals surface area contributed by atoms with E-state index in [1.165, 1.54) is 0 Å². The summed E-state index contributed by atoms with van der Waals surface area (Å²) in [4.78, 5) is 14.1. The molecule has 3 unspecified atom stereocenters. The van der Waals surface area contributed by atoms with Gasteiger partial charge in [0.25, 0.3) is 0 Å². The third-order valence-electron chi connectivity index (χ3n) is 3.91. The summed E-state index contributed by atoms with van der Waals surface area (Å²) in [5.74, 6) is 0.773. The first-order valence-electron chi connectivity index (χ1n) is 7.38. The summed E-state index contributed by atoms with van der Waals surface area (Å²) in [5, 5.41) is 12.5. The molecule has 1 amide bonds. The van der Waals surface area contributed by atoms with Gasteiger partial charge in [-0.2, -0.15) is 0 Å². The SMILES string of the molecule is CC(C)CCOC1CCN(C(=O)C2CC(O)CN2)C1.Cl. The van der Waals surface area contributed by atoms with Gasteiger partial charge in [-0.3, -0.25) is 4.79 Å². The van der Waals surface area contributed by atoms with Crippen LogP contribution in [0.2, 0.25) is 0 Å². The topological polar surface area (TPSA) is 61.8 Å². The third kappa shape index (κ3) is 4.88. The van der Waals surface area contributed by atoms with E-state index in [1.54, 1.807) is 0 Å². The van der Waals surface area contributed by atoms with Gasteiger partial charge in [-0.1, -0.05) is 13.8 Å². The maximum absolute atomic E-state index is 12.2. The van der Waals surface area contributed by atoms with E-state index in [0.717, 1.165) is 26.0 Å². The highest BCUT2D eigenvalue weighted by Gasteiger charge is 2.34. The van der Waals surface area contributed by atoms with Gasteiger partial charge in [-0.05, 0) is 25.2 Å². The van der Waals surface area contributed by atoms with Gasteiger partial charge in [0.1, 0.15) is 0 Å². The average molecular weight is 307 g/mol. The molecule has 0 spiro atoms. The molecule has 2 N–H and O–H groups in total. The van der Waals surface area contributed by atoms with Crippen LogP contribution in [-0.4, -0.2) is 60.4 Å². The van der Waals surface area contributed by atoms with Crippen molar-refractivity contribution in [3.8, 4) is 0 Å². The van der Waals surface area contributed by atoms with Crippen LogP contribution >= 0.6 is 12.4 Å². The van der Waals surface area contributed by atoms with Crippen LogP contribution in [0.5, 0.6) is 0 Å². The lowest BCUT2D eigenvalue weighted by Crippen LogP contribution is -2.42. The standard InChI is InChI=1S/C14H26N2O3.ClH/c1-10(2)4-6-19-12-3-5-16(9-12)14(18)13-7-11(17)8-15-13;/h10-13,15,17H,3-9H2,1-2H3;1H. The zero-order valence-corrected chi connectivity index (χ0v) is 13.2. The summed E-state index contributed by atoms with van der Waals surface area (Å²) < 4.78 is 5.81. The van der Waals surface area contributed by atoms with Crippen LogP contribution in [0.1, 0.15) is 33.1 Å². The Balaban J connectivity index is 0.00000200. The van der Waals surface area contributed by atoms with Crippen LogP contribution in [0.3, 0.4) is 0 Å². The monoisotopic (exact) mass is 306 g/mol. The Morgan fingerprint density at radius 1 is 1.50 bits per heavy atom. The molecule has 5 nitrogen and oxygen atoms in total. The Morgan fingerprint density at radius 3 is 2.85 bits per heavy atom. The Labute approximate surface area is 127 Å². The number of halogens is 1. The lowest BCUT2D eigenvalue weighted by atomic mass is 10.1. The van der Waals surface area contributed by atoms with Crippen LogP contribution in [0.4, 0.5) is 0 Å². The second kappa shape index (κ2) is 8.17. The van der Waals surface area contributed by atoms with Crippen LogP contribution in [0.15, 0.2) is 0 Å². The number of likely N-dealkylation sites (tertiary alicyclic amines) is 1. The smallest absolute Gasteiger partial charge is 0.239 e. The fourth-order valence-corrected chi connectivity index (χ4v) is 2.66. The van der Waals surface area contributed by atoms with Crippen LogP contribution in [-0.2, 0) is 9.53 Å². The molecule has 118 valence electrons. The number of carbonyl (C=O) groups is 1. The number of nitrogens with zero attached hydrogens (tertiary/aromatic N) is 1. The van der Waals surface area contributed by atoms with Crippen molar-refractivity contribution in [3.05, 3.63) is 0 Å². The Morgan fingerprint density at radius 2 is 2.25 bits per heavy atom. The van der Waals surface area contributed by atoms with Crippen molar-refractivity contribution in [2.45, 2.75) is 51.4 Å². The second-order valence-corrected chi connectivity index (χ2v) is 6.10. The molecule has 0 radical (unpaired) electrons. The minimum atomic E-state index is -0.380. The minimum absolute atomic E-state index is 0. The molecule has 0 saturated carbocycles. The van der Waals surface area contributed by atoms with E-state index in [9.17, 15) is 9.90 Å². The first-order valence-corrected chi connectivity index (χ1v) is 7.38. The summed E-state index contributed by atoms with van der Waals surface area (Å²) in [7, 11) is 0. The quantitative estimate of drug-likeness (QED) is 0.788. The number of rotatable bonds is 5. The van der Waals surface area contributed by atoms with Crippen LogP contribution in [0, 0.1) is 5.92 Å². The molecule has 0 aromatic carbocycles. The summed E-state index contributed by atoms with van der Waals surface area (Å²) in [5.41, 5.74) is 0. The highest BCUT2D eigenvalue weighted by Crippen LogP contribution is 2.17. The zero-order valence-electron chi connectivity index (χ0n) is 12.4. The second-order valence-electron chi connectivity index (χ2n) is 6.10. The predicted molar refractivity (Wildman–Crippen MR) is 80.1 cm³/mol. The fourth-order valence-electron chi connectivity index (χ4n) is 2.66. The number of hydrogen-bond donors (Lipinski definition) is 2. The maximum Gasteiger partial charge on any atom is 0.239 e. The number of ether oxygens (including phenoxy) is 1. The van der Waals surface area contributed by atoms with Gasteiger partial charge >= 0.3 is 0 Å². The van der Waals surface area contributed by atoms with E-state index >= 15 is 0 Å². The number of β-amino-alcohol motifs (C(OH)–C–C–N with tert-alkyl or cyclic N) is 1. The molecule has 2 aliphatic heterocycles. The largest absolute Gasteiger partial charge is 0.392 e. The van der Waals surface area contributed by atoms with Gasteiger partial charge in [0.15, 0.2) is 0 Å².